The van der Waals surface area contributed by atoms with E-state index in [0.717, 1.165) is 0 Å². The Bertz CT molecular complexity index is 1170. The average molecular weight is 469 g/mol. The maximum absolute atomic E-state index is 13.3. The lowest BCUT2D eigenvalue weighted by atomic mass is 9.85. The van der Waals surface area contributed by atoms with Crippen LogP contribution in [0.4, 0.5) is 0 Å². The van der Waals surface area contributed by atoms with Crippen LogP contribution in [0.1, 0.15) is 30.4 Å². The van der Waals surface area contributed by atoms with Gasteiger partial charge in [-0.15, -0.1) is 11.8 Å². The van der Waals surface area contributed by atoms with E-state index in [2.05, 4.69) is 6.07 Å². The molecule has 8 nitrogen and oxygen atoms in total. The van der Waals surface area contributed by atoms with E-state index in [1.165, 1.54) is 36.9 Å². The highest BCUT2D eigenvalue weighted by atomic mass is 32.2. The number of aliphatic hydroxyl groups is 1. The minimum atomic E-state index is -1.63. The van der Waals surface area contributed by atoms with E-state index in [-0.39, 0.29) is 23.8 Å². The molecule has 4 rings (SSSR count). The Morgan fingerprint density at radius 1 is 1.18 bits per heavy atom. The molecular formula is C24H24N2O6S. The van der Waals surface area contributed by atoms with Crippen molar-refractivity contribution in [2.24, 2.45) is 0 Å². The van der Waals surface area contributed by atoms with Gasteiger partial charge in [0.15, 0.2) is 28.7 Å². The number of allylic oxidation sites excluding steroid dienone is 1. The Labute approximate surface area is 196 Å². The molecule has 0 bridgehead atoms. The van der Waals surface area contributed by atoms with Gasteiger partial charge in [-0.2, -0.15) is 5.26 Å². The largest absolute Gasteiger partial charge is 0.504 e. The van der Waals surface area contributed by atoms with E-state index >= 15 is 0 Å². The van der Waals surface area contributed by atoms with E-state index in [1.807, 2.05) is 0 Å². The normalized spacial score (nSPS) is 22.1. The lowest BCUT2D eigenvalue weighted by Crippen LogP contribution is -2.48. The van der Waals surface area contributed by atoms with Crippen LogP contribution in [0, 0.1) is 11.3 Å². The van der Waals surface area contributed by atoms with Crippen molar-refractivity contribution in [2.75, 3.05) is 26.6 Å². The van der Waals surface area contributed by atoms with Crippen LogP contribution >= 0.6 is 11.8 Å². The summed E-state index contributed by atoms with van der Waals surface area (Å²) in [6, 6.07) is 12.1. The number of nitriles is 1. The minimum Gasteiger partial charge on any atom is -0.504 e. The maximum atomic E-state index is 13.3. The van der Waals surface area contributed by atoms with Gasteiger partial charge in [0, 0.05) is 17.9 Å². The molecule has 2 aromatic rings. The van der Waals surface area contributed by atoms with Gasteiger partial charge in [0.2, 0.25) is 5.91 Å². The van der Waals surface area contributed by atoms with Gasteiger partial charge in [-0.1, -0.05) is 12.1 Å². The number of fused-ring (bicyclic) bond motifs is 1. The second-order valence-corrected chi connectivity index (χ2v) is 8.62. The Morgan fingerprint density at radius 2 is 1.94 bits per heavy atom. The number of hydrogen-bond donors (Lipinski definition) is 2. The number of ether oxygens (including phenoxy) is 3. The van der Waals surface area contributed by atoms with Crippen molar-refractivity contribution in [3.63, 3.8) is 0 Å². The van der Waals surface area contributed by atoms with Crippen molar-refractivity contribution < 1.29 is 29.2 Å². The summed E-state index contributed by atoms with van der Waals surface area (Å²) in [5, 5.41) is 32.1. The molecule has 1 amide bonds. The van der Waals surface area contributed by atoms with Crippen molar-refractivity contribution in [3.05, 3.63) is 58.1 Å². The summed E-state index contributed by atoms with van der Waals surface area (Å²) in [5.74, 6) is 0.590. The van der Waals surface area contributed by atoms with Crippen LogP contribution in [0.15, 0.2) is 47.0 Å². The predicted octanol–water partition coefficient (Wildman–Crippen LogP) is 3.45. The van der Waals surface area contributed by atoms with Gasteiger partial charge in [-0.3, -0.25) is 9.69 Å². The second-order valence-electron chi connectivity index (χ2n) is 7.65. The number of rotatable bonds is 6. The zero-order chi connectivity index (χ0) is 23.8. The zero-order valence-corrected chi connectivity index (χ0v) is 19.3. The van der Waals surface area contributed by atoms with Crippen LogP contribution in [0.5, 0.6) is 23.0 Å². The number of aromatic hydroxyl groups is 1. The van der Waals surface area contributed by atoms with Crippen molar-refractivity contribution in [2.45, 2.75) is 25.0 Å². The maximum Gasteiger partial charge on any atom is 0.231 e. The number of hydrogen-bond acceptors (Lipinski definition) is 8. The smallest absolute Gasteiger partial charge is 0.231 e. The number of benzene rings is 2. The van der Waals surface area contributed by atoms with Crippen LogP contribution in [-0.2, 0) is 10.5 Å². The molecule has 2 N–H and O–H groups in total. The molecule has 2 aliphatic rings. The third-order valence-electron chi connectivity index (χ3n) is 5.84. The first-order valence-electron chi connectivity index (χ1n) is 10.4. The fraction of sp³-hybridized carbons (Fsp3) is 0.333. The van der Waals surface area contributed by atoms with Crippen molar-refractivity contribution in [3.8, 4) is 29.1 Å². The molecule has 0 radical (unpaired) electrons. The number of phenolic OH excluding ortho intramolecular Hbond substituents is 1. The van der Waals surface area contributed by atoms with Gasteiger partial charge in [-0.25, -0.2) is 0 Å². The molecule has 1 fully saturated rings. The van der Waals surface area contributed by atoms with E-state index in [1.54, 1.807) is 37.3 Å². The molecular weight excluding hydrogens is 444 g/mol. The van der Waals surface area contributed by atoms with Gasteiger partial charge in [0.1, 0.15) is 0 Å². The number of phenols is 1. The minimum absolute atomic E-state index is 0.00110. The first-order valence-corrected chi connectivity index (χ1v) is 11.4. The molecule has 2 aromatic carbocycles. The number of amides is 1. The summed E-state index contributed by atoms with van der Waals surface area (Å²) in [4.78, 5) is 14.7. The zero-order valence-electron chi connectivity index (χ0n) is 18.5. The van der Waals surface area contributed by atoms with Crippen LogP contribution in [0.25, 0.3) is 0 Å². The summed E-state index contributed by atoms with van der Waals surface area (Å²) in [6.07, 6.45) is -0.00110. The Morgan fingerprint density at radius 3 is 2.61 bits per heavy atom. The van der Waals surface area contributed by atoms with Gasteiger partial charge >= 0.3 is 0 Å². The fourth-order valence-electron chi connectivity index (χ4n) is 4.23. The topological polar surface area (TPSA) is 112 Å². The Kier molecular flexibility index (Phi) is 6.15. The number of carbonyl (C=O) groups is 1. The van der Waals surface area contributed by atoms with Gasteiger partial charge in [-0.05, 0) is 36.8 Å². The number of nitrogens with zero attached hydrogens (tertiary/aromatic N) is 2. The fourth-order valence-corrected chi connectivity index (χ4v) is 5.59. The molecule has 2 atom stereocenters. The molecule has 2 heterocycles. The predicted molar refractivity (Wildman–Crippen MR) is 122 cm³/mol. The van der Waals surface area contributed by atoms with E-state index in [4.69, 9.17) is 14.2 Å². The van der Waals surface area contributed by atoms with Crippen LogP contribution in [-0.4, -0.2) is 47.6 Å². The van der Waals surface area contributed by atoms with Crippen LogP contribution in [0.3, 0.4) is 0 Å². The summed E-state index contributed by atoms with van der Waals surface area (Å²) in [5.41, 5.74) is -0.0793. The third-order valence-corrected chi connectivity index (χ3v) is 7.07. The summed E-state index contributed by atoms with van der Waals surface area (Å²) in [6.45, 7) is 2.18. The highest BCUT2D eigenvalue weighted by molar-refractivity contribution is 8.03. The molecule has 172 valence electrons. The molecule has 9 heteroatoms. The Hall–Kier alpha value is -3.35. The lowest BCUT2D eigenvalue weighted by molar-refractivity contribution is -0.149. The quantitative estimate of drug-likeness (QED) is 0.663. The van der Waals surface area contributed by atoms with Gasteiger partial charge < -0.3 is 24.4 Å². The number of thioether (sulfide) groups is 1. The summed E-state index contributed by atoms with van der Waals surface area (Å²) in [7, 11) is 3.02. The van der Waals surface area contributed by atoms with Gasteiger partial charge in [0.05, 0.1) is 43.3 Å². The second kappa shape index (κ2) is 8.89. The molecule has 0 aromatic heterocycles. The molecule has 0 saturated carbocycles. The number of methoxy groups -OCH3 is 2. The SMILES string of the molecule is CCOc1cc([C@@H]2CC(=O)N3C(=C2C#N)SC[C@@]3(O)c2ccc(OC)c(OC)c2)ccc1O. The summed E-state index contributed by atoms with van der Waals surface area (Å²) < 4.78 is 16.1. The van der Waals surface area contributed by atoms with Crippen molar-refractivity contribution in [1.82, 2.24) is 4.90 Å². The average Bonchev–Trinajstić information content (AvgIpc) is 3.19. The standard InChI is InChI=1S/C24H24N2O6S/c1-4-32-20-9-14(5-7-18(20)27)16-11-22(28)26-23(17(16)12-25)33-13-24(26,29)15-6-8-19(30-2)21(10-15)31-3/h5-10,16,27,29H,4,11,13H2,1-3H3/t16-,24+/m0/s1. The van der Waals surface area contributed by atoms with Gasteiger partial charge in [0.25, 0.3) is 0 Å². The first kappa shape index (κ1) is 22.8. The van der Waals surface area contributed by atoms with Crippen molar-refractivity contribution in [1.29, 1.82) is 5.26 Å². The highest BCUT2D eigenvalue weighted by Gasteiger charge is 2.52. The number of carbonyl (C=O) groups excluding carboxylic acids is 1. The van der Waals surface area contributed by atoms with E-state index in [9.17, 15) is 20.3 Å². The molecule has 33 heavy (non-hydrogen) atoms. The molecule has 0 unspecified atom stereocenters. The molecule has 1 saturated heterocycles. The highest BCUT2D eigenvalue weighted by Crippen LogP contribution is 2.52. The lowest BCUT2D eigenvalue weighted by Gasteiger charge is -2.38. The van der Waals surface area contributed by atoms with E-state index in [0.29, 0.717) is 45.6 Å². The summed E-state index contributed by atoms with van der Waals surface area (Å²) >= 11 is 1.26. The Balaban J connectivity index is 1.77. The molecule has 0 spiro atoms. The first-order chi connectivity index (χ1) is 15.9. The molecule has 2 aliphatic heterocycles. The van der Waals surface area contributed by atoms with E-state index < -0.39 is 11.6 Å². The third kappa shape index (κ3) is 3.75. The van der Waals surface area contributed by atoms with Crippen LogP contribution < -0.4 is 14.2 Å². The van der Waals surface area contributed by atoms with Crippen LogP contribution in [0.2, 0.25) is 0 Å². The monoisotopic (exact) mass is 468 g/mol. The van der Waals surface area contributed by atoms with Crippen molar-refractivity contribution >= 4 is 17.7 Å². The molecule has 0 aliphatic carbocycles.